The summed E-state index contributed by atoms with van der Waals surface area (Å²) in [5.41, 5.74) is -0.527. The van der Waals surface area contributed by atoms with Crippen LogP contribution in [0.1, 0.15) is 37.7 Å². The van der Waals surface area contributed by atoms with Crippen LogP contribution in [0.4, 0.5) is 24.8 Å². The highest BCUT2D eigenvalue weighted by atomic mass is 19.1. The topological polar surface area (TPSA) is 89.9 Å². The van der Waals surface area contributed by atoms with E-state index in [-0.39, 0.29) is 58.2 Å². The molecule has 4 fully saturated rings. The molecule has 12 heteroatoms. The lowest BCUT2D eigenvalue weighted by Crippen LogP contribution is -2.51. The normalized spacial score (nSPS) is 25.4. The molecule has 244 valence electrons. The Labute approximate surface area is 270 Å². The van der Waals surface area contributed by atoms with Gasteiger partial charge in [0.25, 0.3) is 0 Å². The quantitative estimate of drug-likeness (QED) is 0.289. The van der Waals surface area contributed by atoms with E-state index in [1.54, 1.807) is 19.0 Å². The molecule has 0 saturated carbocycles. The first-order chi connectivity index (χ1) is 22.6. The van der Waals surface area contributed by atoms with Crippen LogP contribution >= 0.6 is 0 Å². The summed E-state index contributed by atoms with van der Waals surface area (Å²) in [7, 11) is 3.60. The lowest BCUT2D eigenvalue weighted by Gasteiger charge is -2.35. The number of ether oxygens (including phenoxy) is 1. The number of hydrogen-bond acceptors (Lipinski definition) is 9. The summed E-state index contributed by atoms with van der Waals surface area (Å²) in [6.45, 7) is 2.71. The molecule has 8 rings (SSSR count). The van der Waals surface area contributed by atoms with Crippen molar-refractivity contribution in [1.29, 1.82) is 0 Å². The van der Waals surface area contributed by atoms with E-state index in [1.165, 1.54) is 24.3 Å². The Kier molecular flexibility index (Phi) is 7.11. The number of piperazine rings is 1. The highest BCUT2D eigenvalue weighted by molar-refractivity contribution is 6.05. The molecule has 2 aromatic heterocycles. The SMILES string of the molecule is C#Cc1c(F)ccc2cc(O)cc(-c3nc(N(C)C)c4c(N5CC6CCC(C5)N6)nc(OC[C@@]56CCCN5C[C@H](F)C6)nc4c3F)c12. The zero-order chi connectivity index (χ0) is 32.6. The maximum atomic E-state index is 17.2. The van der Waals surface area contributed by atoms with Crippen molar-refractivity contribution in [2.75, 3.05) is 56.7 Å². The number of aromatic hydroxyl groups is 1. The van der Waals surface area contributed by atoms with Crippen LogP contribution in [0.25, 0.3) is 32.9 Å². The monoisotopic (exact) mass is 643 g/mol. The second kappa shape index (κ2) is 11.1. The molecule has 4 aromatic rings. The largest absolute Gasteiger partial charge is 0.508 e. The molecule has 0 radical (unpaired) electrons. The van der Waals surface area contributed by atoms with E-state index in [1.807, 2.05) is 0 Å². The molecule has 0 aliphatic carbocycles. The zero-order valence-electron chi connectivity index (χ0n) is 26.4. The maximum Gasteiger partial charge on any atom is 0.319 e. The Bertz CT molecular complexity index is 1950. The molecule has 4 aliphatic heterocycles. The molecule has 2 unspecified atom stereocenters. The fourth-order valence-corrected chi connectivity index (χ4v) is 8.28. The number of phenols is 1. The number of nitrogens with zero attached hydrogens (tertiary/aromatic N) is 6. The molecule has 0 spiro atoms. The maximum absolute atomic E-state index is 17.2. The summed E-state index contributed by atoms with van der Waals surface area (Å²) in [4.78, 5) is 20.4. The summed E-state index contributed by atoms with van der Waals surface area (Å²) in [5.74, 6) is 1.74. The van der Waals surface area contributed by atoms with Gasteiger partial charge >= 0.3 is 6.01 Å². The van der Waals surface area contributed by atoms with Crippen LogP contribution in [0.5, 0.6) is 11.8 Å². The van der Waals surface area contributed by atoms with Gasteiger partial charge in [-0.25, -0.2) is 18.2 Å². The minimum absolute atomic E-state index is 0.00112. The number of phenolic OH excluding ortho intramolecular Hbond substituents is 1. The fourth-order valence-electron chi connectivity index (χ4n) is 8.28. The van der Waals surface area contributed by atoms with Gasteiger partial charge in [-0.2, -0.15) is 9.97 Å². The molecule has 2 aromatic carbocycles. The lowest BCUT2D eigenvalue weighted by molar-refractivity contribution is 0.107. The predicted molar refractivity (Wildman–Crippen MR) is 175 cm³/mol. The summed E-state index contributed by atoms with van der Waals surface area (Å²) >= 11 is 0. The molecule has 4 saturated heterocycles. The molecule has 6 heterocycles. The Morgan fingerprint density at radius 3 is 2.64 bits per heavy atom. The minimum atomic E-state index is -0.924. The molecular formula is C35H36F3N7O2. The van der Waals surface area contributed by atoms with E-state index in [2.05, 4.69) is 26.0 Å². The zero-order valence-corrected chi connectivity index (χ0v) is 26.4. The van der Waals surface area contributed by atoms with Gasteiger partial charge in [0.15, 0.2) is 5.82 Å². The van der Waals surface area contributed by atoms with E-state index in [0.29, 0.717) is 48.5 Å². The second-order valence-electron chi connectivity index (χ2n) is 13.6. The number of nitrogens with one attached hydrogen (secondary N) is 1. The summed E-state index contributed by atoms with van der Waals surface area (Å²) in [6.07, 6.45) is 9.02. The van der Waals surface area contributed by atoms with Gasteiger partial charge in [0.05, 0.1) is 16.5 Å². The van der Waals surface area contributed by atoms with Crippen molar-refractivity contribution in [3.8, 4) is 35.4 Å². The highest BCUT2D eigenvalue weighted by Crippen LogP contribution is 2.44. The van der Waals surface area contributed by atoms with Crippen molar-refractivity contribution < 1.29 is 23.0 Å². The molecule has 4 atom stereocenters. The first kappa shape index (κ1) is 30.0. The average molecular weight is 644 g/mol. The Morgan fingerprint density at radius 1 is 1.11 bits per heavy atom. The number of terminal acetylenes is 1. The van der Waals surface area contributed by atoms with Crippen LogP contribution in [0, 0.1) is 24.0 Å². The van der Waals surface area contributed by atoms with Gasteiger partial charge in [0, 0.05) is 63.2 Å². The molecule has 2 bridgehead atoms. The third kappa shape index (κ3) is 4.90. The molecule has 4 aliphatic rings. The van der Waals surface area contributed by atoms with Gasteiger partial charge in [-0.05, 0) is 55.8 Å². The van der Waals surface area contributed by atoms with E-state index in [9.17, 15) is 13.9 Å². The summed E-state index contributed by atoms with van der Waals surface area (Å²) in [5, 5.41) is 15.4. The number of pyridine rings is 1. The molecule has 47 heavy (non-hydrogen) atoms. The molecule has 9 nitrogen and oxygen atoms in total. The smallest absolute Gasteiger partial charge is 0.319 e. The number of halogens is 3. The number of hydrogen-bond donors (Lipinski definition) is 2. The van der Waals surface area contributed by atoms with Crippen molar-refractivity contribution in [3.05, 3.63) is 41.5 Å². The van der Waals surface area contributed by atoms with Gasteiger partial charge in [-0.15, -0.1) is 6.42 Å². The fraction of sp³-hybridized carbons (Fsp3) is 0.457. The first-order valence-electron chi connectivity index (χ1n) is 16.2. The van der Waals surface area contributed by atoms with E-state index >= 15 is 4.39 Å². The van der Waals surface area contributed by atoms with Crippen molar-refractivity contribution in [2.45, 2.75) is 55.9 Å². The van der Waals surface area contributed by atoms with Gasteiger partial charge < -0.3 is 25.0 Å². The second-order valence-corrected chi connectivity index (χ2v) is 13.6. The van der Waals surface area contributed by atoms with Crippen molar-refractivity contribution in [3.63, 3.8) is 0 Å². The average Bonchev–Trinajstić information content (AvgIpc) is 3.69. The van der Waals surface area contributed by atoms with Crippen molar-refractivity contribution in [2.24, 2.45) is 0 Å². The predicted octanol–water partition coefficient (Wildman–Crippen LogP) is 4.77. The highest BCUT2D eigenvalue weighted by Gasteiger charge is 2.49. The number of aromatic nitrogens is 3. The van der Waals surface area contributed by atoms with Crippen LogP contribution in [-0.2, 0) is 0 Å². The lowest BCUT2D eigenvalue weighted by atomic mass is 9.95. The minimum Gasteiger partial charge on any atom is -0.508 e. The van der Waals surface area contributed by atoms with Gasteiger partial charge in [0.1, 0.15) is 47.2 Å². The van der Waals surface area contributed by atoms with Gasteiger partial charge in [-0.3, -0.25) is 4.90 Å². The van der Waals surface area contributed by atoms with Crippen LogP contribution in [0.2, 0.25) is 0 Å². The molecule has 0 amide bonds. The Hall–Kier alpha value is -4.34. The first-order valence-corrected chi connectivity index (χ1v) is 16.2. The molecule has 2 N–H and O–H groups in total. The van der Waals surface area contributed by atoms with Crippen LogP contribution < -0.4 is 19.9 Å². The van der Waals surface area contributed by atoms with Crippen LogP contribution in [-0.4, -0.2) is 95.6 Å². The number of anilines is 2. The van der Waals surface area contributed by atoms with E-state index in [4.69, 9.17) is 21.1 Å². The van der Waals surface area contributed by atoms with Crippen molar-refractivity contribution in [1.82, 2.24) is 25.2 Å². The standard InChI is InChI=1S/C35H36F3N7O2/c1-4-24-26(37)9-6-19-12-23(46)13-25(27(19)24)30-29(38)31-28(32(40-30)43(2)3)33(44-16-21-7-8-22(17-44)39-21)42-34(41-31)47-18-35-10-5-11-45(35)15-20(36)14-35/h1,6,9,12-13,20-22,39,46H,5,7-8,10-11,14-18H2,2-3H3/t20-,21?,22?,35+/m1/s1. The number of alkyl halides is 1. The van der Waals surface area contributed by atoms with E-state index in [0.717, 1.165) is 32.2 Å². The Balaban J connectivity index is 1.34. The van der Waals surface area contributed by atoms with Crippen molar-refractivity contribution >= 4 is 33.3 Å². The number of benzene rings is 2. The summed E-state index contributed by atoms with van der Waals surface area (Å²) in [6, 6.07) is 6.04. The number of fused-ring (bicyclic) bond motifs is 5. The Morgan fingerprint density at radius 2 is 1.89 bits per heavy atom. The third-order valence-corrected chi connectivity index (χ3v) is 10.3. The van der Waals surface area contributed by atoms with Gasteiger partial charge in [0.2, 0.25) is 0 Å². The van der Waals surface area contributed by atoms with Gasteiger partial charge in [-0.1, -0.05) is 12.0 Å². The third-order valence-electron chi connectivity index (χ3n) is 10.3. The van der Waals surface area contributed by atoms with E-state index < -0.39 is 23.3 Å². The number of rotatable bonds is 6. The molecular weight excluding hydrogens is 607 g/mol. The van der Waals surface area contributed by atoms with Crippen LogP contribution in [0.3, 0.4) is 0 Å². The van der Waals surface area contributed by atoms with Crippen LogP contribution in [0.15, 0.2) is 24.3 Å². The summed E-state index contributed by atoms with van der Waals surface area (Å²) < 4.78 is 53.0.